The highest BCUT2D eigenvalue weighted by Gasteiger charge is 2.12. The normalized spacial score (nSPS) is 11.1. The molecule has 0 saturated heterocycles. The van der Waals surface area contributed by atoms with Gasteiger partial charge in [-0.2, -0.15) is 10.2 Å². The van der Waals surface area contributed by atoms with Gasteiger partial charge in [0.1, 0.15) is 5.69 Å². The minimum absolute atomic E-state index is 0.339. The Morgan fingerprint density at radius 1 is 1.04 bits per heavy atom. The Balaban J connectivity index is 1.52. The molecule has 1 amide bonds. The van der Waals surface area contributed by atoms with Gasteiger partial charge in [0.05, 0.1) is 11.9 Å². The Bertz CT molecular complexity index is 1130. The Hall–Kier alpha value is -3.44. The van der Waals surface area contributed by atoms with Crippen LogP contribution in [0.4, 0.5) is 0 Å². The lowest BCUT2D eigenvalue weighted by atomic mass is 10.0. The predicted molar refractivity (Wildman–Crippen MR) is 108 cm³/mol. The van der Waals surface area contributed by atoms with Crippen molar-refractivity contribution in [1.82, 2.24) is 15.6 Å². The second kappa shape index (κ2) is 7.43. The van der Waals surface area contributed by atoms with Gasteiger partial charge in [0.25, 0.3) is 5.91 Å². The largest absolute Gasteiger partial charge is 0.289 e. The van der Waals surface area contributed by atoms with E-state index in [1.54, 1.807) is 24.4 Å². The van der Waals surface area contributed by atoms with Crippen LogP contribution in [-0.4, -0.2) is 22.3 Å². The van der Waals surface area contributed by atoms with E-state index in [0.29, 0.717) is 16.4 Å². The summed E-state index contributed by atoms with van der Waals surface area (Å²) >= 11 is 5.84. The molecule has 132 valence electrons. The van der Waals surface area contributed by atoms with Gasteiger partial charge in [-0.15, -0.1) is 0 Å². The molecular formula is C21H15ClN4O. The van der Waals surface area contributed by atoms with Gasteiger partial charge < -0.3 is 0 Å². The van der Waals surface area contributed by atoms with E-state index < -0.39 is 0 Å². The first kappa shape index (κ1) is 17.0. The van der Waals surface area contributed by atoms with Crippen LogP contribution in [0.15, 0.2) is 77.9 Å². The average Bonchev–Trinajstić information content (AvgIpc) is 3.19. The number of H-pyrrole nitrogens is 1. The second-order valence-corrected chi connectivity index (χ2v) is 6.38. The lowest BCUT2D eigenvalue weighted by molar-refractivity contribution is 0.0950. The molecule has 1 aromatic heterocycles. The van der Waals surface area contributed by atoms with E-state index in [1.807, 2.05) is 54.6 Å². The van der Waals surface area contributed by atoms with Crippen LogP contribution < -0.4 is 5.43 Å². The van der Waals surface area contributed by atoms with E-state index in [9.17, 15) is 4.79 Å². The zero-order valence-corrected chi connectivity index (χ0v) is 14.9. The number of carbonyl (C=O) groups is 1. The smallest absolute Gasteiger partial charge is 0.272 e. The van der Waals surface area contributed by atoms with Gasteiger partial charge >= 0.3 is 0 Å². The number of rotatable bonds is 4. The number of hydrogen-bond donors (Lipinski definition) is 2. The number of aromatic amines is 1. The van der Waals surface area contributed by atoms with Crippen molar-refractivity contribution >= 4 is 34.5 Å². The summed E-state index contributed by atoms with van der Waals surface area (Å²) in [6, 6.07) is 22.9. The minimum atomic E-state index is -0.362. The molecule has 0 radical (unpaired) electrons. The van der Waals surface area contributed by atoms with E-state index in [1.165, 1.54) is 0 Å². The van der Waals surface area contributed by atoms with Gasteiger partial charge in [-0.25, -0.2) is 5.43 Å². The first-order valence-corrected chi connectivity index (χ1v) is 8.71. The Morgan fingerprint density at radius 3 is 2.67 bits per heavy atom. The summed E-state index contributed by atoms with van der Waals surface area (Å²) in [6.45, 7) is 0. The van der Waals surface area contributed by atoms with E-state index >= 15 is 0 Å². The number of amides is 1. The quantitative estimate of drug-likeness (QED) is 0.403. The third-order valence-electron chi connectivity index (χ3n) is 4.14. The molecule has 1 heterocycles. The molecule has 0 bridgehead atoms. The average molecular weight is 375 g/mol. The van der Waals surface area contributed by atoms with Crippen LogP contribution in [0.3, 0.4) is 0 Å². The van der Waals surface area contributed by atoms with Crippen molar-refractivity contribution in [2.45, 2.75) is 0 Å². The number of nitrogens with zero attached hydrogens (tertiary/aromatic N) is 2. The van der Waals surface area contributed by atoms with Crippen molar-refractivity contribution < 1.29 is 4.79 Å². The lowest BCUT2D eigenvalue weighted by Gasteiger charge is -2.02. The first-order valence-electron chi connectivity index (χ1n) is 8.33. The number of carbonyl (C=O) groups excluding carboxylic acids is 1. The van der Waals surface area contributed by atoms with E-state index in [2.05, 4.69) is 20.7 Å². The van der Waals surface area contributed by atoms with Crippen molar-refractivity contribution in [3.8, 4) is 11.3 Å². The fraction of sp³-hybridized carbons (Fsp3) is 0. The summed E-state index contributed by atoms with van der Waals surface area (Å²) in [4.78, 5) is 12.3. The van der Waals surface area contributed by atoms with Gasteiger partial charge in [-0.3, -0.25) is 9.89 Å². The summed E-state index contributed by atoms with van der Waals surface area (Å²) in [6.07, 6.45) is 1.55. The molecule has 0 fully saturated rings. The molecule has 0 saturated carbocycles. The number of nitrogens with one attached hydrogen (secondary N) is 2. The third kappa shape index (κ3) is 3.73. The summed E-state index contributed by atoms with van der Waals surface area (Å²) in [7, 11) is 0. The van der Waals surface area contributed by atoms with Crippen LogP contribution in [0.25, 0.3) is 22.0 Å². The maximum absolute atomic E-state index is 12.3. The highest BCUT2D eigenvalue weighted by atomic mass is 35.5. The highest BCUT2D eigenvalue weighted by molar-refractivity contribution is 6.30. The van der Waals surface area contributed by atoms with Crippen molar-refractivity contribution in [3.05, 3.63) is 89.1 Å². The molecule has 5 nitrogen and oxygen atoms in total. The van der Waals surface area contributed by atoms with Gasteiger partial charge in [0.15, 0.2) is 0 Å². The van der Waals surface area contributed by atoms with Gasteiger partial charge in [-0.1, -0.05) is 66.2 Å². The van der Waals surface area contributed by atoms with Crippen molar-refractivity contribution in [3.63, 3.8) is 0 Å². The number of hydrogen-bond acceptors (Lipinski definition) is 3. The number of benzene rings is 3. The molecule has 0 unspecified atom stereocenters. The Labute approximate surface area is 160 Å². The van der Waals surface area contributed by atoms with Crippen LogP contribution in [0.5, 0.6) is 0 Å². The monoisotopic (exact) mass is 374 g/mol. The van der Waals surface area contributed by atoms with E-state index in [0.717, 1.165) is 21.9 Å². The van der Waals surface area contributed by atoms with Gasteiger partial charge in [0.2, 0.25) is 0 Å². The molecule has 2 N–H and O–H groups in total. The van der Waals surface area contributed by atoms with Crippen LogP contribution in [-0.2, 0) is 0 Å². The number of aromatic nitrogens is 2. The standard InChI is InChI=1S/C21H15ClN4O/c22-16-10-8-14(9-11-16)13-23-26-21(27)20-12-19(24-25-20)18-7-3-5-15-4-1-2-6-17(15)18/h1-13H,(H,24,25)(H,26,27)/b23-13-. The number of halogens is 1. The van der Waals surface area contributed by atoms with Gasteiger partial charge in [-0.05, 0) is 34.5 Å². The first-order chi connectivity index (χ1) is 13.2. The maximum atomic E-state index is 12.3. The molecule has 0 aliphatic heterocycles. The molecule has 27 heavy (non-hydrogen) atoms. The number of fused-ring (bicyclic) bond motifs is 1. The molecular weight excluding hydrogens is 360 g/mol. The van der Waals surface area contributed by atoms with E-state index in [4.69, 9.17) is 11.6 Å². The summed E-state index contributed by atoms with van der Waals surface area (Å²) < 4.78 is 0. The summed E-state index contributed by atoms with van der Waals surface area (Å²) in [5, 5.41) is 13.9. The Kier molecular flexibility index (Phi) is 4.68. The molecule has 6 heteroatoms. The third-order valence-corrected chi connectivity index (χ3v) is 4.39. The fourth-order valence-corrected chi connectivity index (χ4v) is 2.93. The second-order valence-electron chi connectivity index (χ2n) is 5.94. The zero-order chi connectivity index (χ0) is 18.6. The minimum Gasteiger partial charge on any atom is -0.272 e. The highest BCUT2D eigenvalue weighted by Crippen LogP contribution is 2.27. The Morgan fingerprint density at radius 2 is 1.81 bits per heavy atom. The predicted octanol–water partition coefficient (Wildman–Crippen LogP) is 4.65. The molecule has 0 atom stereocenters. The molecule has 0 aliphatic rings. The SMILES string of the molecule is O=C(N/N=C\c1ccc(Cl)cc1)c1cc(-c2cccc3ccccc23)n[nH]1. The molecule has 4 aromatic rings. The van der Waals surface area contributed by atoms with Gasteiger partial charge in [0, 0.05) is 10.6 Å². The van der Waals surface area contributed by atoms with Crippen molar-refractivity contribution in [2.75, 3.05) is 0 Å². The van der Waals surface area contributed by atoms with Crippen LogP contribution in [0.2, 0.25) is 5.02 Å². The molecule has 0 aliphatic carbocycles. The topological polar surface area (TPSA) is 70.1 Å². The van der Waals surface area contributed by atoms with Crippen molar-refractivity contribution in [2.24, 2.45) is 5.10 Å². The fourth-order valence-electron chi connectivity index (χ4n) is 2.80. The van der Waals surface area contributed by atoms with Crippen LogP contribution >= 0.6 is 11.6 Å². The maximum Gasteiger partial charge on any atom is 0.289 e. The summed E-state index contributed by atoms with van der Waals surface area (Å²) in [5.74, 6) is -0.362. The van der Waals surface area contributed by atoms with Crippen LogP contribution in [0.1, 0.15) is 16.1 Å². The number of hydrazone groups is 1. The summed E-state index contributed by atoms with van der Waals surface area (Å²) in [5.41, 5.74) is 5.34. The molecule has 0 spiro atoms. The van der Waals surface area contributed by atoms with E-state index in [-0.39, 0.29) is 5.91 Å². The molecule has 3 aromatic carbocycles. The molecule has 4 rings (SSSR count). The lowest BCUT2D eigenvalue weighted by Crippen LogP contribution is -2.17. The van der Waals surface area contributed by atoms with Crippen molar-refractivity contribution in [1.29, 1.82) is 0 Å². The zero-order valence-electron chi connectivity index (χ0n) is 14.2. The van der Waals surface area contributed by atoms with Crippen LogP contribution in [0, 0.1) is 0 Å².